The highest BCUT2D eigenvalue weighted by Crippen LogP contribution is 2.22. The van der Waals surface area contributed by atoms with Gasteiger partial charge in [0.25, 0.3) is 0 Å². The van der Waals surface area contributed by atoms with Gasteiger partial charge in [0.1, 0.15) is 0 Å². The summed E-state index contributed by atoms with van der Waals surface area (Å²) in [6.45, 7) is 5.02. The van der Waals surface area contributed by atoms with Crippen LogP contribution in [0.3, 0.4) is 0 Å². The van der Waals surface area contributed by atoms with Crippen LogP contribution in [0, 0.1) is 0 Å². The molecule has 1 fully saturated rings. The van der Waals surface area contributed by atoms with Crippen molar-refractivity contribution in [2.45, 2.75) is 38.3 Å². The van der Waals surface area contributed by atoms with Crippen LogP contribution in [0.1, 0.15) is 31.1 Å². The molecule has 2 heterocycles. The van der Waals surface area contributed by atoms with E-state index in [9.17, 15) is 5.11 Å². The van der Waals surface area contributed by atoms with Crippen LogP contribution >= 0.6 is 11.3 Å². The Morgan fingerprint density at radius 3 is 3.13 bits per heavy atom. The average molecular weight is 226 g/mol. The van der Waals surface area contributed by atoms with Gasteiger partial charge in [-0.05, 0) is 32.7 Å². The Morgan fingerprint density at radius 2 is 2.40 bits per heavy atom. The van der Waals surface area contributed by atoms with E-state index < -0.39 is 5.60 Å². The van der Waals surface area contributed by atoms with Crippen molar-refractivity contribution in [3.8, 4) is 0 Å². The predicted octanol–water partition coefficient (Wildman–Crippen LogP) is 1.88. The summed E-state index contributed by atoms with van der Waals surface area (Å²) in [5.41, 5.74) is 1.42. The SMILES string of the molecule is CC1(O)CCCN(Cc2cncs2)CC1. The van der Waals surface area contributed by atoms with Gasteiger partial charge in [-0.3, -0.25) is 9.88 Å². The van der Waals surface area contributed by atoms with Crippen molar-refractivity contribution in [2.75, 3.05) is 13.1 Å². The van der Waals surface area contributed by atoms with Gasteiger partial charge in [0.15, 0.2) is 0 Å². The molecule has 0 amide bonds. The zero-order valence-electron chi connectivity index (χ0n) is 9.15. The normalized spacial score (nSPS) is 28.9. The zero-order valence-corrected chi connectivity index (χ0v) is 9.96. The standard InChI is InChI=1S/C11H18N2OS/c1-11(14)3-2-5-13(6-4-11)8-10-7-12-9-15-10/h7,9,14H,2-6,8H2,1H3. The molecule has 0 spiro atoms. The molecule has 2 rings (SSSR count). The molecule has 1 atom stereocenters. The van der Waals surface area contributed by atoms with Gasteiger partial charge in [0.05, 0.1) is 11.1 Å². The third-order valence-corrected chi connectivity index (χ3v) is 3.78. The summed E-state index contributed by atoms with van der Waals surface area (Å²) < 4.78 is 0. The second-order valence-electron chi connectivity index (χ2n) is 4.59. The predicted molar refractivity (Wildman–Crippen MR) is 61.9 cm³/mol. The molecule has 1 saturated heterocycles. The first-order chi connectivity index (χ1) is 7.16. The minimum absolute atomic E-state index is 0.456. The van der Waals surface area contributed by atoms with Gasteiger partial charge in [-0.25, -0.2) is 0 Å². The van der Waals surface area contributed by atoms with Crippen molar-refractivity contribution in [1.82, 2.24) is 9.88 Å². The van der Waals surface area contributed by atoms with Gasteiger partial charge in [0, 0.05) is 24.2 Å². The molecule has 3 nitrogen and oxygen atoms in total. The summed E-state index contributed by atoms with van der Waals surface area (Å²) in [7, 11) is 0. The summed E-state index contributed by atoms with van der Waals surface area (Å²) in [4.78, 5) is 7.81. The monoisotopic (exact) mass is 226 g/mol. The number of hydrogen-bond donors (Lipinski definition) is 1. The second-order valence-corrected chi connectivity index (χ2v) is 5.57. The first-order valence-corrected chi connectivity index (χ1v) is 6.36. The van der Waals surface area contributed by atoms with E-state index in [1.807, 2.05) is 18.6 Å². The van der Waals surface area contributed by atoms with E-state index in [1.54, 1.807) is 11.3 Å². The van der Waals surface area contributed by atoms with Crippen LogP contribution in [0.2, 0.25) is 0 Å². The average Bonchev–Trinajstić information content (AvgIpc) is 2.60. The molecule has 1 aliphatic rings. The molecule has 0 aliphatic carbocycles. The van der Waals surface area contributed by atoms with Crippen LogP contribution in [0.25, 0.3) is 0 Å². The number of aliphatic hydroxyl groups is 1. The fraction of sp³-hybridized carbons (Fsp3) is 0.727. The lowest BCUT2D eigenvalue weighted by atomic mass is 9.98. The van der Waals surface area contributed by atoms with Gasteiger partial charge in [-0.2, -0.15) is 0 Å². The zero-order chi connectivity index (χ0) is 10.7. The molecule has 1 aliphatic heterocycles. The van der Waals surface area contributed by atoms with Crippen LogP contribution in [0.4, 0.5) is 0 Å². The highest BCUT2D eigenvalue weighted by Gasteiger charge is 2.24. The third-order valence-electron chi connectivity index (χ3n) is 3.02. The van der Waals surface area contributed by atoms with Crippen molar-refractivity contribution in [3.05, 3.63) is 16.6 Å². The number of hydrogen-bond acceptors (Lipinski definition) is 4. The van der Waals surface area contributed by atoms with E-state index in [0.29, 0.717) is 0 Å². The maximum absolute atomic E-state index is 9.96. The smallest absolute Gasteiger partial charge is 0.0794 e. The van der Waals surface area contributed by atoms with Crippen molar-refractivity contribution in [2.24, 2.45) is 0 Å². The molecule has 1 unspecified atom stereocenters. The minimum atomic E-state index is -0.456. The quantitative estimate of drug-likeness (QED) is 0.836. The summed E-state index contributed by atoms with van der Waals surface area (Å²) in [6, 6.07) is 0. The molecule has 4 heteroatoms. The van der Waals surface area contributed by atoms with Crippen LogP contribution in [0.5, 0.6) is 0 Å². The fourth-order valence-corrected chi connectivity index (χ4v) is 2.65. The largest absolute Gasteiger partial charge is 0.390 e. The van der Waals surface area contributed by atoms with Gasteiger partial charge in [0.2, 0.25) is 0 Å². The summed E-state index contributed by atoms with van der Waals surface area (Å²) in [5.74, 6) is 0. The molecule has 0 radical (unpaired) electrons. The van der Waals surface area contributed by atoms with Gasteiger partial charge < -0.3 is 5.11 Å². The fourth-order valence-electron chi connectivity index (χ4n) is 2.02. The molecular weight excluding hydrogens is 208 g/mol. The van der Waals surface area contributed by atoms with Crippen LogP contribution in [0.15, 0.2) is 11.7 Å². The molecule has 1 N–H and O–H groups in total. The summed E-state index contributed by atoms with van der Waals surface area (Å²) >= 11 is 1.71. The molecule has 1 aromatic heterocycles. The molecule has 0 aromatic carbocycles. The Morgan fingerprint density at radius 1 is 1.53 bits per heavy atom. The van der Waals surface area contributed by atoms with Crippen molar-refractivity contribution >= 4 is 11.3 Å². The van der Waals surface area contributed by atoms with E-state index in [2.05, 4.69) is 9.88 Å². The highest BCUT2D eigenvalue weighted by atomic mass is 32.1. The topological polar surface area (TPSA) is 36.4 Å². The number of rotatable bonds is 2. The maximum atomic E-state index is 9.96. The Balaban J connectivity index is 1.89. The number of likely N-dealkylation sites (tertiary alicyclic amines) is 1. The van der Waals surface area contributed by atoms with E-state index in [1.165, 1.54) is 4.88 Å². The third kappa shape index (κ3) is 3.26. The number of aromatic nitrogens is 1. The van der Waals surface area contributed by atoms with Crippen LogP contribution in [-0.2, 0) is 6.54 Å². The Labute approximate surface area is 94.8 Å². The van der Waals surface area contributed by atoms with E-state index >= 15 is 0 Å². The van der Waals surface area contributed by atoms with E-state index in [-0.39, 0.29) is 0 Å². The molecule has 84 valence electrons. The van der Waals surface area contributed by atoms with Gasteiger partial charge >= 0.3 is 0 Å². The van der Waals surface area contributed by atoms with Crippen LogP contribution in [-0.4, -0.2) is 33.7 Å². The second kappa shape index (κ2) is 4.60. The first kappa shape index (κ1) is 11.0. The Bertz CT molecular complexity index is 298. The Hall–Kier alpha value is -0.450. The minimum Gasteiger partial charge on any atom is -0.390 e. The van der Waals surface area contributed by atoms with Gasteiger partial charge in [-0.15, -0.1) is 11.3 Å². The summed E-state index contributed by atoms with van der Waals surface area (Å²) in [5, 5.41) is 9.96. The molecule has 0 saturated carbocycles. The molecule has 1 aromatic rings. The molecule has 15 heavy (non-hydrogen) atoms. The lowest BCUT2D eigenvalue weighted by molar-refractivity contribution is 0.0444. The lowest BCUT2D eigenvalue weighted by Gasteiger charge is -2.21. The van der Waals surface area contributed by atoms with Crippen LogP contribution < -0.4 is 0 Å². The summed E-state index contributed by atoms with van der Waals surface area (Å²) in [6.07, 6.45) is 4.83. The van der Waals surface area contributed by atoms with E-state index in [4.69, 9.17) is 0 Å². The van der Waals surface area contributed by atoms with Gasteiger partial charge in [-0.1, -0.05) is 0 Å². The molecular formula is C11H18N2OS. The highest BCUT2D eigenvalue weighted by molar-refractivity contribution is 7.09. The Kier molecular flexibility index (Phi) is 3.38. The van der Waals surface area contributed by atoms with E-state index in [0.717, 1.165) is 38.9 Å². The van der Waals surface area contributed by atoms with Crippen molar-refractivity contribution in [3.63, 3.8) is 0 Å². The van der Waals surface area contributed by atoms with Crippen molar-refractivity contribution in [1.29, 1.82) is 0 Å². The lowest BCUT2D eigenvalue weighted by Crippen LogP contribution is -2.27. The number of nitrogens with zero attached hydrogens (tertiary/aromatic N) is 2. The van der Waals surface area contributed by atoms with Crippen molar-refractivity contribution < 1.29 is 5.11 Å². The maximum Gasteiger partial charge on any atom is 0.0794 e. The molecule has 0 bridgehead atoms. The number of thiazole rings is 1. The first-order valence-electron chi connectivity index (χ1n) is 5.48.